The van der Waals surface area contributed by atoms with Crippen molar-refractivity contribution in [3.63, 3.8) is 0 Å². The molecule has 0 atom stereocenters. The van der Waals surface area contributed by atoms with E-state index in [4.69, 9.17) is 5.26 Å². The molecule has 0 fully saturated rings. The van der Waals surface area contributed by atoms with E-state index >= 15 is 0 Å². The molecule has 0 unspecified atom stereocenters. The first kappa shape index (κ1) is 19.6. The number of nitrogens with one attached hydrogen (secondary N) is 2. The molecule has 0 aliphatic rings. The van der Waals surface area contributed by atoms with E-state index in [9.17, 15) is 4.79 Å². The van der Waals surface area contributed by atoms with Crippen LogP contribution in [-0.2, 0) is 4.79 Å². The van der Waals surface area contributed by atoms with Crippen LogP contribution in [0.4, 0.5) is 10.8 Å². The summed E-state index contributed by atoms with van der Waals surface area (Å²) in [5.41, 5.74) is 3.28. The maximum Gasteiger partial charge on any atom is 0.182 e. The molecular formula is C16H22N4OS. The van der Waals surface area contributed by atoms with Gasteiger partial charge in [-0.3, -0.25) is 0 Å². The highest BCUT2D eigenvalue weighted by molar-refractivity contribution is 7.14. The van der Waals surface area contributed by atoms with Crippen LogP contribution in [0.2, 0.25) is 0 Å². The first-order valence-electron chi connectivity index (χ1n) is 6.97. The Bertz CT molecular complexity index is 573. The molecule has 2 aromatic rings. The molecule has 0 bridgehead atoms. The number of rotatable bonds is 4. The average Bonchev–Trinajstić information content (AvgIpc) is 3.07. The van der Waals surface area contributed by atoms with Crippen LogP contribution >= 0.6 is 11.3 Å². The van der Waals surface area contributed by atoms with Crippen molar-refractivity contribution >= 4 is 28.4 Å². The van der Waals surface area contributed by atoms with Gasteiger partial charge in [0.1, 0.15) is 6.29 Å². The van der Waals surface area contributed by atoms with Crippen LogP contribution in [0.15, 0.2) is 29.6 Å². The van der Waals surface area contributed by atoms with E-state index in [1.807, 2.05) is 40.1 Å². The number of aromatic nitrogens is 1. The van der Waals surface area contributed by atoms with E-state index in [0.29, 0.717) is 6.29 Å². The number of benzene rings is 1. The molecule has 0 aliphatic heterocycles. The summed E-state index contributed by atoms with van der Waals surface area (Å²) in [5, 5.41) is 16.7. The summed E-state index contributed by atoms with van der Waals surface area (Å²) in [6.07, 6.45) is 0.583. The fraction of sp³-hybridized carbons (Fsp3) is 0.312. The van der Waals surface area contributed by atoms with E-state index in [1.54, 1.807) is 17.4 Å². The number of thiazole rings is 1. The number of anilines is 2. The lowest BCUT2D eigenvalue weighted by Gasteiger charge is -2.00. The van der Waals surface area contributed by atoms with Gasteiger partial charge in [0.25, 0.3) is 0 Å². The smallest absolute Gasteiger partial charge is 0.182 e. The van der Waals surface area contributed by atoms with Gasteiger partial charge in [0.2, 0.25) is 0 Å². The van der Waals surface area contributed by atoms with Crippen molar-refractivity contribution in [1.82, 2.24) is 4.98 Å². The Morgan fingerprint density at radius 2 is 1.86 bits per heavy atom. The Morgan fingerprint density at radius 3 is 2.23 bits per heavy atom. The predicted molar refractivity (Wildman–Crippen MR) is 94.3 cm³/mol. The van der Waals surface area contributed by atoms with Crippen molar-refractivity contribution in [3.8, 4) is 17.3 Å². The molecule has 1 aromatic carbocycles. The molecule has 0 saturated heterocycles. The topological polar surface area (TPSA) is 77.8 Å². The molecule has 5 nitrogen and oxygen atoms in total. The highest BCUT2D eigenvalue weighted by atomic mass is 32.1. The summed E-state index contributed by atoms with van der Waals surface area (Å²) < 4.78 is 0. The van der Waals surface area contributed by atoms with Crippen molar-refractivity contribution in [1.29, 1.82) is 5.26 Å². The van der Waals surface area contributed by atoms with Gasteiger partial charge in [0, 0.05) is 30.7 Å². The van der Waals surface area contributed by atoms with Crippen LogP contribution in [0.5, 0.6) is 0 Å². The van der Waals surface area contributed by atoms with Gasteiger partial charge in [-0.25, -0.2) is 4.98 Å². The molecule has 0 radical (unpaired) electrons. The first-order chi connectivity index (χ1) is 10.7. The highest BCUT2D eigenvalue weighted by Gasteiger charge is 2.02. The van der Waals surface area contributed by atoms with Gasteiger partial charge in [-0.2, -0.15) is 5.26 Å². The minimum absolute atomic E-state index is 0.0139. The highest BCUT2D eigenvalue weighted by Crippen LogP contribution is 2.25. The Balaban J connectivity index is 0.000000540. The van der Waals surface area contributed by atoms with Crippen LogP contribution in [0, 0.1) is 11.3 Å². The molecule has 0 saturated carbocycles. The lowest BCUT2D eigenvalue weighted by molar-refractivity contribution is -0.107. The van der Waals surface area contributed by atoms with Crippen LogP contribution in [0.1, 0.15) is 20.3 Å². The Labute approximate surface area is 136 Å². The van der Waals surface area contributed by atoms with Crippen LogP contribution < -0.4 is 10.6 Å². The zero-order valence-corrected chi connectivity index (χ0v) is 14.2. The number of hydrogen-bond donors (Lipinski definition) is 2. The third-order valence-corrected chi connectivity index (χ3v) is 3.22. The molecule has 6 heteroatoms. The third kappa shape index (κ3) is 6.86. The van der Waals surface area contributed by atoms with Gasteiger partial charge in [-0.15, -0.1) is 11.3 Å². The summed E-state index contributed by atoms with van der Waals surface area (Å²) in [7, 11) is 3.80. The number of hydrogen-bond acceptors (Lipinski definition) is 6. The number of carbonyl (C=O) groups is 1. The fourth-order valence-electron chi connectivity index (χ4n) is 1.37. The van der Waals surface area contributed by atoms with Crippen molar-refractivity contribution in [2.75, 3.05) is 24.7 Å². The molecule has 0 amide bonds. The second-order valence-electron chi connectivity index (χ2n) is 3.64. The molecule has 2 N–H and O–H groups in total. The third-order valence-electron chi connectivity index (χ3n) is 2.36. The number of nitrogens with zero attached hydrogens (tertiary/aromatic N) is 2. The molecule has 2 rings (SSSR count). The summed E-state index contributed by atoms with van der Waals surface area (Å²) in [6, 6.07) is 9.89. The molecule has 0 aliphatic carbocycles. The molecular weight excluding hydrogens is 296 g/mol. The van der Waals surface area contributed by atoms with E-state index in [1.165, 1.54) is 0 Å². The monoisotopic (exact) mass is 318 g/mol. The number of nitriles is 1. The fourth-order valence-corrected chi connectivity index (χ4v) is 2.05. The van der Waals surface area contributed by atoms with E-state index < -0.39 is 0 Å². The molecule has 118 valence electrons. The minimum Gasteiger partial charge on any atom is -0.388 e. The van der Waals surface area contributed by atoms with E-state index in [0.717, 1.165) is 22.1 Å². The Morgan fingerprint density at radius 1 is 1.23 bits per heavy atom. The van der Waals surface area contributed by atoms with Gasteiger partial charge in [0.05, 0.1) is 18.2 Å². The maximum absolute atomic E-state index is 9.18. The van der Waals surface area contributed by atoms with Crippen molar-refractivity contribution < 1.29 is 4.79 Å². The summed E-state index contributed by atoms with van der Waals surface area (Å²) in [5.74, 6) is 0. The Kier molecular flexibility index (Phi) is 11.0. The average molecular weight is 318 g/mol. The lowest BCUT2D eigenvalue weighted by atomic mass is 10.1. The van der Waals surface area contributed by atoms with Gasteiger partial charge in [-0.1, -0.05) is 26.0 Å². The SMILES string of the molecule is CC.CNc1ccc(-c2csc(NC)n2)cc1.N#CCC=O. The maximum atomic E-state index is 9.18. The summed E-state index contributed by atoms with van der Waals surface area (Å²) in [6.45, 7) is 4.00. The number of aldehydes is 1. The van der Waals surface area contributed by atoms with Crippen molar-refractivity contribution in [3.05, 3.63) is 29.6 Å². The van der Waals surface area contributed by atoms with Crippen LogP contribution in [-0.4, -0.2) is 25.4 Å². The van der Waals surface area contributed by atoms with E-state index in [2.05, 4.69) is 33.1 Å². The first-order valence-corrected chi connectivity index (χ1v) is 7.85. The lowest BCUT2D eigenvalue weighted by Crippen LogP contribution is -1.88. The predicted octanol–water partition coefficient (Wildman–Crippen LogP) is 4.02. The van der Waals surface area contributed by atoms with Gasteiger partial charge in [0.15, 0.2) is 5.13 Å². The van der Waals surface area contributed by atoms with Crippen molar-refractivity contribution in [2.24, 2.45) is 0 Å². The van der Waals surface area contributed by atoms with Crippen LogP contribution in [0.3, 0.4) is 0 Å². The van der Waals surface area contributed by atoms with Crippen molar-refractivity contribution in [2.45, 2.75) is 20.3 Å². The number of carbonyl (C=O) groups excluding carboxylic acids is 1. The minimum atomic E-state index is 0.0139. The zero-order valence-electron chi connectivity index (χ0n) is 13.4. The standard InChI is InChI=1S/C11H13N3S.C3H3NO.C2H6/c1-12-9-5-3-8(4-6-9)10-7-15-11(13-2)14-10;4-2-1-3-5;1-2/h3-7,12H,1-2H3,(H,13,14);3H,1H2;1-2H3. The van der Waals surface area contributed by atoms with Crippen LogP contribution in [0.25, 0.3) is 11.3 Å². The second-order valence-corrected chi connectivity index (χ2v) is 4.50. The van der Waals surface area contributed by atoms with E-state index in [-0.39, 0.29) is 6.42 Å². The summed E-state index contributed by atoms with van der Waals surface area (Å²) >= 11 is 1.62. The van der Waals surface area contributed by atoms with Gasteiger partial charge < -0.3 is 15.4 Å². The largest absolute Gasteiger partial charge is 0.388 e. The van der Waals surface area contributed by atoms with Gasteiger partial charge >= 0.3 is 0 Å². The normalized spacial score (nSPS) is 8.32. The molecule has 1 heterocycles. The summed E-state index contributed by atoms with van der Waals surface area (Å²) in [4.78, 5) is 13.6. The molecule has 0 spiro atoms. The van der Waals surface area contributed by atoms with Gasteiger partial charge in [-0.05, 0) is 12.1 Å². The zero-order chi connectivity index (χ0) is 16.8. The Hall–Kier alpha value is -2.39. The quantitative estimate of drug-likeness (QED) is 0.833. The second kappa shape index (κ2) is 12.4. The molecule has 1 aromatic heterocycles. The molecule has 22 heavy (non-hydrogen) atoms.